The zero-order chi connectivity index (χ0) is 14.0. The summed E-state index contributed by atoms with van der Waals surface area (Å²) >= 11 is 3.63. The number of benzene rings is 2. The minimum atomic E-state index is 0.126. The monoisotopic (exact) mass is 318 g/mol. The molecule has 2 heteroatoms. The average molecular weight is 319 g/mol. The molecule has 0 amide bonds. The van der Waals surface area contributed by atoms with Gasteiger partial charge in [0.05, 0.1) is 0 Å². The van der Waals surface area contributed by atoms with Crippen molar-refractivity contribution < 1.29 is 4.74 Å². The van der Waals surface area contributed by atoms with Crippen molar-refractivity contribution in [3.63, 3.8) is 0 Å². The fraction of sp³-hybridized carbons (Fsp3) is 0.294. The SMILES string of the molecule is Cc1ccc(Oc2ccc(C(C)(C)C)c(Br)c2)cc1. The fourth-order valence-corrected chi connectivity index (χ4v) is 2.86. The standard InChI is InChI=1S/C17H19BrO/c1-12-5-7-13(8-6-12)19-14-9-10-15(16(18)11-14)17(2,3)4/h5-11H,1-4H3. The Morgan fingerprint density at radius 1 is 0.895 bits per heavy atom. The van der Waals surface area contributed by atoms with Crippen LogP contribution in [0.3, 0.4) is 0 Å². The number of rotatable bonds is 2. The molecule has 0 aliphatic carbocycles. The molecule has 2 aromatic carbocycles. The highest BCUT2D eigenvalue weighted by atomic mass is 79.9. The summed E-state index contributed by atoms with van der Waals surface area (Å²) in [7, 11) is 0. The van der Waals surface area contributed by atoms with E-state index in [-0.39, 0.29) is 5.41 Å². The lowest BCUT2D eigenvalue weighted by atomic mass is 9.87. The summed E-state index contributed by atoms with van der Waals surface area (Å²) in [5.74, 6) is 1.71. The highest BCUT2D eigenvalue weighted by Crippen LogP contribution is 2.33. The first-order valence-corrected chi connectivity index (χ1v) is 7.20. The quantitative estimate of drug-likeness (QED) is 0.675. The Morgan fingerprint density at radius 2 is 1.47 bits per heavy atom. The van der Waals surface area contributed by atoms with Crippen LogP contribution in [0, 0.1) is 6.92 Å². The van der Waals surface area contributed by atoms with E-state index < -0.39 is 0 Å². The van der Waals surface area contributed by atoms with Gasteiger partial charge in [-0.25, -0.2) is 0 Å². The Bertz CT molecular complexity index is 565. The van der Waals surface area contributed by atoms with E-state index in [1.165, 1.54) is 11.1 Å². The topological polar surface area (TPSA) is 9.23 Å². The molecular weight excluding hydrogens is 300 g/mol. The van der Waals surface area contributed by atoms with Gasteiger partial charge in [-0.15, -0.1) is 0 Å². The van der Waals surface area contributed by atoms with Crippen molar-refractivity contribution in [3.05, 3.63) is 58.1 Å². The third-order valence-electron chi connectivity index (χ3n) is 3.01. The molecule has 0 unspecified atom stereocenters. The van der Waals surface area contributed by atoms with Crippen LogP contribution in [-0.4, -0.2) is 0 Å². The van der Waals surface area contributed by atoms with Crippen LogP contribution in [0.1, 0.15) is 31.9 Å². The molecular formula is C17H19BrO. The lowest BCUT2D eigenvalue weighted by molar-refractivity contribution is 0.480. The van der Waals surface area contributed by atoms with Gasteiger partial charge in [-0.1, -0.05) is 60.5 Å². The van der Waals surface area contributed by atoms with E-state index in [0.29, 0.717) is 0 Å². The Hall–Kier alpha value is -1.28. The first-order chi connectivity index (χ1) is 8.86. The molecule has 0 fully saturated rings. The molecule has 2 aromatic rings. The fourth-order valence-electron chi connectivity index (χ4n) is 1.91. The Morgan fingerprint density at radius 3 is 2.00 bits per heavy atom. The predicted octanol–water partition coefficient (Wildman–Crippen LogP) is 5.85. The second-order valence-electron chi connectivity index (χ2n) is 5.81. The van der Waals surface area contributed by atoms with Crippen LogP contribution in [0.25, 0.3) is 0 Å². The average Bonchev–Trinajstić information content (AvgIpc) is 2.30. The number of halogens is 1. The third kappa shape index (κ3) is 3.60. The van der Waals surface area contributed by atoms with Crippen LogP contribution in [0.4, 0.5) is 0 Å². The van der Waals surface area contributed by atoms with Crippen molar-refractivity contribution in [2.45, 2.75) is 33.1 Å². The van der Waals surface area contributed by atoms with Crippen molar-refractivity contribution in [1.29, 1.82) is 0 Å². The summed E-state index contributed by atoms with van der Waals surface area (Å²) in [6, 6.07) is 14.2. The third-order valence-corrected chi connectivity index (χ3v) is 3.66. The normalized spacial score (nSPS) is 11.4. The summed E-state index contributed by atoms with van der Waals surface area (Å²) in [5, 5.41) is 0. The van der Waals surface area contributed by atoms with Gasteiger partial charge in [-0.2, -0.15) is 0 Å². The van der Waals surface area contributed by atoms with E-state index in [1.807, 2.05) is 36.4 Å². The molecule has 1 nitrogen and oxygen atoms in total. The molecule has 0 aliphatic heterocycles. The maximum Gasteiger partial charge on any atom is 0.128 e. The van der Waals surface area contributed by atoms with Crippen molar-refractivity contribution in [2.24, 2.45) is 0 Å². The molecule has 0 aliphatic rings. The van der Waals surface area contributed by atoms with Gasteiger partial charge >= 0.3 is 0 Å². The van der Waals surface area contributed by atoms with Gasteiger partial charge in [-0.05, 0) is 42.2 Å². The molecule has 0 spiro atoms. The molecule has 0 saturated carbocycles. The Labute approximate surface area is 123 Å². The summed E-state index contributed by atoms with van der Waals surface area (Å²) in [5.41, 5.74) is 2.64. The maximum atomic E-state index is 5.85. The molecule has 0 atom stereocenters. The molecule has 0 N–H and O–H groups in total. The molecule has 0 heterocycles. The van der Waals surface area contributed by atoms with Gasteiger partial charge < -0.3 is 4.74 Å². The second-order valence-corrected chi connectivity index (χ2v) is 6.66. The van der Waals surface area contributed by atoms with Crippen molar-refractivity contribution >= 4 is 15.9 Å². The van der Waals surface area contributed by atoms with Crippen LogP contribution in [0.2, 0.25) is 0 Å². The summed E-state index contributed by atoms with van der Waals surface area (Å²) in [6.45, 7) is 8.67. The van der Waals surface area contributed by atoms with Crippen molar-refractivity contribution in [1.82, 2.24) is 0 Å². The zero-order valence-electron chi connectivity index (χ0n) is 11.8. The van der Waals surface area contributed by atoms with Crippen LogP contribution in [0.15, 0.2) is 46.9 Å². The van der Waals surface area contributed by atoms with Gasteiger partial charge in [0.15, 0.2) is 0 Å². The van der Waals surface area contributed by atoms with Gasteiger partial charge in [0, 0.05) is 4.47 Å². The largest absolute Gasteiger partial charge is 0.457 e. The predicted molar refractivity (Wildman–Crippen MR) is 84.1 cm³/mol. The van der Waals surface area contributed by atoms with E-state index in [0.717, 1.165) is 16.0 Å². The highest BCUT2D eigenvalue weighted by molar-refractivity contribution is 9.10. The number of hydrogen-bond donors (Lipinski definition) is 0. The number of hydrogen-bond acceptors (Lipinski definition) is 1. The summed E-state index contributed by atoms with van der Waals surface area (Å²) in [4.78, 5) is 0. The first kappa shape index (κ1) is 14.1. The van der Waals surface area contributed by atoms with Gasteiger partial charge in [-0.3, -0.25) is 0 Å². The minimum Gasteiger partial charge on any atom is -0.457 e. The molecule has 0 aromatic heterocycles. The maximum absolute atomic E-state index is 5.85. The van der Waals surface area contributed by atoms with Gasteiger partial charge in [0.2, 0.25) is 0 Å². The Balaban J connectivity index is 2.23. The van der Waals surface area contributed by atoms with E-state index in [4.69, 9.17) is 4.74 Å². The van der Waals surface area contributed by atoms with Crippen molar-refractivity contribution in [3.8, 4) is 11.5 Å². The smallest absolute Gasteiger partial charge is 0.128 e. The van der Waals surface area contributed by atoms with Gasteiger partial charge in [0.25, 0.3) is 0 Å². The molecule has 0 radical (unpaired) electrons. The number of aryl methyl sites for hydroxylation is 1. The van der Waals surface area contributed by atoms with E-state index in [1.54, 1.807) is 0 Å². The zero-order valence-corrected chi connectivity index (χ0v) is 13.4. The lowest BCUT2D eigenvalue weighted by Gasteiger charge is -2.21. The van der Waals surface area contributed by atoms with Crippen LogP contribution in [0.5, 0.6) is 11.5 Å². The molecule has 2 rings (SSSR count). The van der Waals surface area contributed by atoms with Crippen LogP contribution in [-0.2, 0) is 5.41 Å². The molecule has 0 saturated heterocycles. The van der Waals surface area contributed by atoms with Gasteiger partial charge in [0.1, 0.15) is 11.5 Å². The molecule has 100 valence electrons. The van der Waals surface area contributed by atoms with E-state index in [2.05, 4.69) is 49.7 Å². The number of ether oxygens (including phenoxy) is 1. The van der Waals surface area contributed by atoms with Crippen molar-refractivity contribution in [2.75, 3.05) is 0 Å². The minimum absolute atomic E-state index is 0.126. The molecule has 0 bridgehead atoms. The summed E-state index contributed by atoms with van der Waals surface area (Å²) < 4.78 is 6.94. The molecule has 19 heavy (non-hydrogen) atoms. The van der Waals surface area contributed by atoms with E-state index in [9.17, 15) is 0 Å². The highest BCUT2D eigenvalue weighted by Gasteiger charge is 2.17. The van der Waals surface area contributed by atoms with Crippen LogP contribution >= 0.6 is 15.9 Å². The first-order valence-electron chi connectivity index (χ1n) is 6.41. The van der Waals surface area contributed by atoms with Crippen LogP contribution < -0.4 is 4.74 Å². The lowest BCUT2D eigenvalue weighted by Crippen LogP contribution is -2.11. The Kier molecular flexibility index (Phi) is 4.00. The second kappa shape index (κ2) is 5.38. The summed E-state index contributed by atoms with van der Waals surface area (Å²) in [6.07, 6.45) is 0. The van der Waals surface area contributed by atoms with E-state index >= 15 is 0 Å².